The van der Waals surface area contributed by atoms with Crippen molar-refractivity contribution in [1.29, 1.82) is 0 Å². The number of rotatable bonds is 4. The lowest BCUT2D eigenvalue weighted by Crippen LogP contribution is -2.26. The second kappa shape index (κ2) is 4.93. The van der Waals surface area contributed by atoms with Crippen LogP contribution in [0.25, 0.3) is 0 Å². The molecule has 0 bridgehead atoms. The van der Waals surface area contributed by atoms with Crippen molar-refractivity contribution in [2.24, 2.45) is 0 Å². The standard InChI is InChI=1S/C10H11ClO5S/c1-6(10(12)13)17(14,15)7-3-4-9(16-2)8(11)5-7/h3-6H,1-2H3,(H,12,13). The molecule has 0 aliphatic rings. The smallest absolute Gasteiger partial charge is 0.321 e. The van der Waals surface area contributed by atoms with E-state index in [1.54, 1.807) is 0 Å². The molecule has 7 heteroatoms. The van der Waals surface area contributed by atoms with Gasteiger partial charge >= 0.3 is 5.97 Å². The van der Waals surface area contributed by atoms with Crippen molar-refractivity contribution in [1.82, 2.24) is 0 Å². The summed E-state index contributed by atoms with van der Waals surface area (Å²) in [5.74, 6) is -1.08. The van der Waals surface area contributed by atoms with Crippen LogP contribution < -0.4 is 4.74 Å². The first kappa shape index (κ1) is 13.8. The number of hydrogen-bond acceptors (Lipinski definition) is 4. The number of sulfone groups is 1. The number of halogens is 1. The maximum absolute atomic E-state index is 11.8. The Balaban J connectivity index is 3.26. The van der Waals surface area contributed by atoms with E-state index in [9.17, 15) is 13.2 Å². The summed E-state index contributed by atoms with van der Waals surface area (Å²) in [6.07, 6.45) is 0. The van der Waals surface area contributed by atoms with Crippen molar-refractivity contribution in [3.63, 3.8) is 0 Å². The van der Waals surface area contributed by atoms with Crippen LogP contribution in [-0.2, 0) is 14.6 Å². The van der Waals surface area contributed by atoms with Gasteiger partial charge in [0.25, 0.3) is 0 Å². The predicted molar refractivity (Wildman–Crippen MR) is 62.3 cm³/mol. The van der Waals surface area contributed by atoms with Gasteiger partial charge in [0, 0.05) is 0 Å². The van der Waals surface area contributed by atoms with Gasteiger partial charge in [-0.2, -0.15) is 0 Å². The van der Waals surface area contributed by atoms with Crippen LogP contribution in [0.15, 0.2) is 23.1 Å². The second-order valence-electron chi connectivity index (χ2n) is 3.32. The zero-order valence-corrected chi connectivity index (χ0v) is 10.7. The Morgan fingerprint density at radius 1 is 1.47 bits per heavy atom. The highest BCUT2D eigenvalue weighted by atomic mass is 35.5. The van der Waals surface area contributed by atoms with Crippen molar-refractivity contribution in [2.45, 2.75) is 17.1 Å². The van der Waals surface area contributed by atoms with E-state index in [2.05, 4.69) is 0 Å². The number of aliphatic carboxylic acids is 1. The summed E-state index contributed by atoms with van der Waals surface area (Å²) in [6.45, 7) is 1.11. The topological polar surface area (TPSA) is 80.7 Å². The average molecular weight is 279 g/mol. The number of ether oxygens (including phenoxy) is 1. The molecule has 1 rings (SSSR count). The zero-order valence-electron chi connectivity index (χ0n) is 9.18. The van der Waals surface area contributed by atoms with Crippen LogP contribution in [0, 0.1) is 0 Å². The van der Waals surface area contributed by atoms with Crippen LogP contribution in [0.5, 0.6) is 5.75 Å². The molecule has 0 saturated heterocycles. The van der Waals surface area contributed by atoms with Gasteiger partial charge in [0.2, 0.25) is 0 Å². The van der Waals surface area contributed by atoms with Gasteiger partial charge in [-0.1, -0.05) is 11.6 Å². The third-order valence-electron chi connectivity index (χ3n) is 2.27. The normalized spacial score (nSPS) is 13.1. The molecule has 0 aliphatic heterocycles. The summed E-state index contributed by atoms with van der Waals surface area (Å²) in [5.41, 5.74) is 0. The van der Waals surface area contributed by atoms with E-state index in [1.807, 2.05) is 0 Å². The Bertz CT molecular complexity index is 538. The van der Waals surface area contributed by atoms with E-state index in [4.69, 9.17) is 21.4 Å². The van der Waals surface area contributed by atoms with Gasteiger partial charge in [-0.15, -0.1) is 0 Å². The van der Waals surface area contributed by atoms with Gasteiger partial charge in [0.1, 0.15) is 5.75 Å². The number of hydrogen-bond donors (Lipinski definition) is 1. The summed E-state index contributed by atoms with van der Waals surface area (Å²) in [6, 6.07) is 3.82. The summed E-state index contributed by atoms with van der Waals surface area (Å²) >= 11 is 5.78. The molecule has 1 aromatic carbocycles. The molecular weight excluding hydrogens is 268 g/mol. The first-order chi connectivity index (χ1) is 7.80. The molecule has 1 atom stereocenters. The third kappa shape index (κ3) is 2.70. The number of carbonyl (C=O) groups is 1. The highest BCUT2D eigenvalue weighted by molar-refractivity contribution is 7.92. The van der Waals surface area contributed by atoms with E-state index < -0.39 is 21.1 Å². The minimum atomic E-state index is -3.93. The molecule has 0 amide bonds. The van der Waals surface area contributed by atoms with Gasteiger partial charge < -0.3 is 9.84 Å². The molecule has 94 valence electrons. The van der Waals surface area contributed by atoms with Crippen LogP contribution in [0.4, 0.5) is 0 Å². The number of carboxylic acid groups (broad SMARTS) is 1. The minimum absolute atomic E-state index is 0.117. The molecule has 0 spiro atoms. The fraction of sp³-hybridized carbons (Fsp3) is 0.300. The van der Waals surface area contributed by atoms with Gasteiger partial charge in [-0.25, -0.2) is 8.42 Å². The fourth-order valence-electron chi connectivity index (χ4n) is 1.16. The molecule has 0 saturated carbocycles. The molecular formula is C10H11ClO5S. The lowest BCUT2D eigenvalue weighted by Gasteiger charge is -2.10. The molecule has 0 heterocycles. The molecule has 0 aliphatic carbocycles. The van der Waals surface area contributed by atoms with Crippen molar-refractivity contribution < 1.29 is 23.1 Å². The highest BCUT2D eigenvalue weighted by Crippen LogP contribution is 2.28. The van der Waals surface area contributed by atoms with Crippen molar-refractivity contribution in [3.8, 4) is 5.75 Å². The second-order valence-corrected chi connectivity index (χ2v) is 6.00. The number of carboxylic acids is 1. The van der Waals surface area contributed by atoms with E-state index in [0.717, 1.165) is 6.92 Å². The minimum Gasteiger partial charge on any atom is -0.495 e. The van der Waals surface area contributed by atoms with E-state index in [1.165, 1.54) is 25.3 Å². The zero-order chi connectivity index (χ0) is 13.2. The van der Waals surface area contributed by atoms with E-state index in [0.29, 0.717) is 5.75 Å². The Hall–Kier alpha value is -1.27. The summed E-state index contributed by atoms with van der Waals surface area (Å²) < 4.78 is 28.6. The van der Waals surface area contributed by atoms with Gasteiger partial charge in [0.15, 0.2) is 15.1 Å². The first-order valence-electron chi connectivity index (χ1n) is 4.61. The van der Waals surface area contributed by atoms with Gasteiger partial charge in [0.05, 0.1) is 17.0 Å². The quantitative estimate of drug-likeness (QED) is 0.905. The molecule has 5 nitrogen and oxygen atoms in total. The maximum atomic E-state index is 11.8. The van der Waals surface area contributed by atoms with Gasteiger partial charge in [-0.05, 0) is 25.1 Å². The maximum Gasteiger partial charge on any atom is 0.321 e. The van der Waals surface area contributed by atoms with Gasteiger partial charge in [-0.3, -0.25) is 4.79 Å². The Kier molecular flexibility index (Phi) is 4.00. The van der Waals surface area contributed by atoms with Crippen LogP contribution >= 0.6 is 11.6 Å². The SMILES string of the molecule is COc1ccc(S(=O)(=O)C(C)C(=O)O)cc1Cl. The Morgan fingerprint density at radius 2 is 2.06 bits per heavy atom. The molecule has 0 aromatic heterocycles. The van der Waals surface area contributed by atoms with E-state index >= 15 is 0 Å². The highest BCUT2D eigenvalue weighted by Gasteiger charge is 2.29. The number of benzene rings is 1. The Morgan fingerprint density at radius 3 is 2.47 bits per heavy atom. The predicted octanol–water partition coefficient (Wildman–Crippen LogP) is 1.60. The first-order valence-corrected chi connectivity index (χ1v) is 6.53. The third-order valence-corrected chi connectivity index (χ3v) is 4.60. The van der Waals surface area contributed by atoms with Crippen LogP contribution in [0.3, 0.4) is 0 Å². The summed E-state index contributed by atoms with van der Waals surface area (Å²) in [4.78, 5) is 10.5. The lowest BCUT2D eigenvalue weighted by atomic mass is 10.3. The monoisotopic (exact) mass is 278 g/mol. The number of methoxy groups -OCH3 is 1. The summed E-state index contributed by atoms with van der Waals surface area (Å²) in [7, 11) is -2.53. The van der Waals surface area contributed by atoms with Crippen molar-refractivity contribution in [2.75, 3.05) is 7.11 Å². The van der Waals surface area contributed by atoms with Crippen LogP contribution in [-0.4, -0.2) is 31.9 Å². The average Bonchev–Trinajstić information content (AvgIpc) is 2.27. The lowest BCUT2D eigenvalue weighted by molar-refractivity contribution is -0.136. The van der Waals surface area contributed by atoms with Crippen molar-refractivity contribution >= 4 is 27.4 Å². The molecule has 1 aromatic rings. The largest absolute Gasteiger partial charge is 0.495 e. The molecule has 0 radical (unpaired) electrons. The molecule has 1 unspecified atom stereocenters. The fourth-order valence-corrected chi connectivity index (χ4v) is 2.70. The Labute approximate surface area is 104 Å². The molecule has 1 N–H and O–H groups in total. The van der Waals surface area contributed by atoms with Crippen molar-refractivity contribution in [3.05, 3.63) is 23.2 Å². The van der Waals surface area contributed by atoms with Crippen LogP contribution in [0.1, 0.15) is 6.92 Å². The molecule has 17 heavy (non-hydrogen) atoms. The molecule has 0 fully saturated rings. The van der Waals surface area contributed by atoms with Crippen LogP contribution in [0.2, 0.25) is 5.02 Å². The van der Waals surface area contributed by atoms with E-state index in [-0.39, 0.29) is 9.92 Å². The summed E-state index contributed by atoms with van der Waals surface area (Å²) in [5, 5.41) is 7.31.